The van der Waals surface area contributed by atoms with Crippen molar-refractivity contribution in [1.29, 1.82) is 0 Å². The highest BCUT2D eigenvalue weighted by Gasteiger charge is 2.26. The third kappa shape index (κ3) is 4.20. The van der Waals surface area contributed by atoms with Gasteiger partial charge in [0.05, 0.1) is 10.7 Å². The third-order valence-electron chi connectivity index (χ3n) is 4.48. The van der Waals surface area contributed by atoms with E-state index >= 15 is 0 Å². The van der Waals surface area contributed by atoms with Gasteiger partial charge in [-0.2, -0.15) is 5.10 Å². The predicted molar refractivity (Wildman–Crippen MR) is 94.1 cm³/mol. The summed E-state index contributed by atoms with van der Waals surface area (Å²) < 4.78 is 1.60. The van der Waals surface area contributed by atoms with Crippen molar-refractivity contribution in [2.75, 3.05) is 13.1 Å². The number of likely N-dealkylation sites (tertiary alicyclic amines) is 1. The number of amides is 1. The van der Waals surface area contributed by atoms with Crippen LogP contribution in [0.1, 0.15) is 36.2 Å². The van der Waals surface area contributed by atoms with Gasteiger partial charge in [-0.05, 0) is 43.4 Å². The predicted octanol–water partition coefficient (Wildman–Crippen LogP) is 3.24. The molecule has 1 fully saturated rings. The van der Waals surface area contributed by atoms with Gasteiger partial charge >= 0.3 is 5.97 Å². The van der Waals surface area contributed by atoms with Crippen LogP contribution in [0.4, 0.5) is 0 Å². The number of para-hydroxylation sites is 1. The lowest BCUT2D eigenvalue weighted by Gasteiger charge is -2.32. The Morgan fingerprint density at radius 3 is 2.84 bits per heavy atom. The van der Waals surface area contributed by atoms with E-state index in [9.17, 15) is 9.59 Å². The molecular weight excluding hydrogens is 342 g/mol. The molecular formula is C18H20ClN3O3. The minimum atomic E-state index is -0.790. The monoisotopic (exact) mass is 361 g/mol. The van der Waals surface area contributed by atoms with E-state index in [1.165, 1.54) is 0 Å². The van der Waals surface area contributed by atoms with Crippen LogP contribution in [0, 0.1) is 5.92 Å². The summed E-state index contributed by atoms with van der Waals surface area (Å²) in [6.07, 6.45) is 4.33. The van der Waals surface area contributed by atoms with Crippen molar-refractivity contribution in [3.8, 4) is 5.69 Å². The molecule has 3 rings (SSSR count). The van der Waals surface area contributed by atoms with Crippen LogP contribution >= 0.6 is 11.6 Å². The van der Waals surface area contributed by atoms with Crippen LogP contribution in [0.2, 0.25) is 5.02 Å². The minimum Gasteiger partial charge on any atom is -0.481 e. The Morgan fingerprint density at radius 1 is 1.28 bits per heavy atom. The summed E-state index contributed by atoms with van der Waals surface area (Å²) in [7, 11) is 0. The number of hydrogen-bond acceptors (Lipinski definition) is 3. The normalized spacial score (nSPS) is 17.5. The van der Waals surface area contributed by atoms with E-state index in [-0.39, 0.29) is 18.2 Å². The topological polar surface area (TPSA) is 75.4 Å². The van der Waals surface area contributed by atoms with Crippen LogP contribution in [-0.4, -0.2) is 44.8 Å². The standard InChI is InChI=1S/C18H20ClN3O3/c19-14-5-1-2-6-16(14)22-11-9-15(20-22)18(25)21-10-3-4-13(12-21)7-8-17(23)24/h1-2,5-6,9,11,13H,3-4,7-8,10,12H2,(H,23,24). The summed E-state index contributed by atoms with van der Waals surface area (Å²) in [6.45, 7) is 1.27. The van der Waals surface area contributed by atoms with E-state index in [1.807, 2.05) is 18.2 Å². The molecule has 7 heteroatoms. The molecule has 1 aliphatic heterocycles. The number of hydrogen-bond donors (Lipinski definition) is 1. The first-order chi connectivity index (χ1) is 12.0. The smallest absolute Gasteiger partial charge is 0.303 e. The van der Waals surface area contributed by atoms with Gasteiger partial charge in [-0.3, -0.25) is 9.59 Å². The molecule has 25 heavy (non-hydrogen) atoms. The number of nitrogens with zero attached hydrogens (tertiary/aromatic N) is 3. The third-order valence-corrected chi connectivity index (χ3v) is 4.80. The molecule has 1 aliphatic rings. The fraction of sp³-hybridized carbons (Fsp3) is 0.389. The van der Waals surface area contributed by atoms with E-state index in [1.54, 1.807) is 27.9 Å². The maximum absolute atomic E-state index is 12.7. The molecule has 1 atom stereocenters. The second-order valence-corrected chi connectivity index (χ2v) is 6.70. The van der Waals surface area contributed by atoms with Crippen molar-refractivity contribution in [1.82, 2.24) is 14.7 Å². The number of carbonyl (C=O) groups is 2. The molecule has 1 unspecified atom stereocenters. The maximum Gasteiger partial charge on any atom is 0.303 e. The quantitative estimate of drug-likeness (QED) is 0.887. The Morgan fingerprint density at radius 2 is 2.08 bits per heavy atom. The van der Waals surface area contributed by atoms with Gasteiger partial charge in [-0.25, -0.2) is 4.68 Å². The molecule has 1 N–H and O–H groups in total. The summed E-state index contributed by atoms with van der Waals surface area (Å²) in [6, 6.07) is 9.01. The van der Waals surface area contributed by atoms with Crippen LogP contribution in [0.5, 0.6) is 0 Å². The van der Waals surface area contributed by atoms with Gasteiger partial charge in [0, 0.05) is 25.7 Å². The number of aliphatic carboxylic acids is 1. The SMILES string of the molecule is O=C(O)CCC1CCCN(C(=O)c2ccn(-c3ccccc3Cl)n2)C1. The lowest BCUT2D eigenvalue weighted by molar-refractivity contribution is -0.137. The molecule has 6 nitrogen and oxygen atoms in total. The van der Waals surface area contributed by atoms with Crippen LogP contribution < -0.4 is 0 Å². The highest BCUT2D eigenvalue weighted by Crippen LogP contribution is 2.23. The Balaban J connectivity index is 1.69. The van der Waals surface area contributed by atoms with Crippen molar-refractivity contribution in [3.05, 3.63) is 47.2 Å². The largest absolute Gasteiger partial charge is 0.481 e. The lowest BCUT2D eigenvalue weighted by Crippen LogP contribution is -2.40. The van der Waals surface area contributed by atoms with E-state index < -0.39 is 5.97 Å². The van der Waals surface area contributed by atoms with Crippen LogP contribution in [-0.2, 0) is 4.79 Å². The Hall–Kier alpha value is -2.34. The Bertz CT molecular complexity index is 774. The number of halogens is 1. The lowest BCUT2D eigenvalue weighted by atomic mass is 9.93. The van der Waals surface area contributed by atoms with E-state index in [0.29, 0.717) is 30.2 Å². The molecule has 1 amide bonds. The van der Waals surface area contributed by atoms with Crippen molar-refractivity contribution >= 4 is 23.5 Å². The molecule has 1 saturated heterocycles. The van der Waals surface area contributed by atoms with Gasteiger partial charge in [0.1, 0.15) is 0 Å². The highest BCUT2D eigenvalue weighted by atomic mass is 35.5. The molecule has 0 saturated carbocycles. The maximum atomic E-state index is 12.7. The number of carboxylic acids is 1. The highest BCUT2D eigenvalue weighted by molar-refractivity contribution is 6.32. The van der Waals surface area contributed by atoms with Gasteiger partial charge in [0.2, 0.25) is 0 Å². The fourth-order valence-corrected chi connectivity index (χ4v) is 3.41. The number of piperidine rings is 1. The number of benzene rings is 1. The summed E-state index contributed by atoms with van der Waals surface area (Å²) in [5.41, 5.74) is 1.10. The number of rotatable bonds is 5. The van der Waals surface area contributed by atoms with E-state index in [0.717, 1.165) is 18.5 Å². The minimum absolute atomic E-state index is 0.120. The fourth-order valence-electron chi connectivity index (χ4n) is 3.18. The summed E-state index contributed by atoms with van der Waals surface area (Å²) in [5.74, 6) is -0.674. The molecule has 132 valence electrons. The average Bonchev–Trinajstić information content (AvgIpc) is 3.10. The van der Waals surface area contributed by atoms with E-state index in [2.05, 4.69) is 5.10 Å². The van der Waals surface area contributed by atoms with Crippen molar-refractivity contribution in [3.63, 3.8) is 0 Å². The molecule has 2 aromatic rings. The van der Waals surface area contributed by atoms with Gasteiger partial charge in [-0.15, -0.1) is 0 Å². The molecule has 0 radical (unpaired) electrons. The second kappa shape index (κ2) is 7.70. The summed E-state index contributed by atoms with van der Waals surface area (Å²) in [4.78, 5) is 25.2. The zero-order valence-corrected chi connectivity index (χ0v) is 14.5. The van der Waals surface area contributed by atoms with Gasteiger partial charge < -0.3 is 10.0 Å². The Kier molecular flexibility index (Phi) is 5.38. The number of carboxylic acid groups (broad SMARTS) is 1. The van der Waals surface area contributed by atoms with Crippen molar-refractivity contribution in [2.45, 2.75) is 25.7 Å². The molecule has 1 aromatic carbocycles. The van der Waals surface area contributed by atoms with Gasteiger partial charge in [-0.1, -0.05) is 23.7 Å². The first-order valence-corrected chi connectivity index (χ1v) is 8.74. The molecule has 1 aromatic heterocycles. The van der Waals surface area contributed by atoms with E-state index in [4.69, 9.17) is 16.7 Å². The van der Waals surface area contributed by atoms with Gasteiger partial charge in [0.15, 0.2) is 5.69 Å². The zero-order valence-electron chi connectivity index (χ0n) is 13.8. The van der Waals surface area contributed by atoms with Crippen molar-refractivity contribution in [2.24, 2.45) is 5.92 Å². The molecule has 0 spiro atoms. The zero-order chi connectivity index (χ0) is 17.8. The van der Waals surface area contributed by atoms with Crippen LogP contribution in [0.25, 0.3) is 5.69 Å². The first kappa shape index (κ1) is 17.5. The van der Waals surface area contributed by atoms with Crippen LogP contribution in [0.15, 0.2) is 36.5 Å². The van der Waals surface area contributed by atoms with Crippen molar-refractivity contribution < 1.29 is 14.7 Å². The van der Waals surface area contributed by atoms with Crippen LogP contribution in [0.3, 0.4) is 0 Å². The summed E-state index contributed by atoms with van der Waals surface area (Å²) >= 11 is 6.17. The number of aromatic nitrogens is 2. The molecule has 0 aliphatic carbocycles. The Labute approximate surface area is 151 Å². The number of carbonyl (C=O) groups excluding carboxylic acids is 1. The molecule has 0 bridgehead atoms. The van der Waals surface area contributed by atoms with Gasteiger partial charge in [0.25, 0.3) is 5.91 Å². The first-order valence-electron chi connectivity index (χ1n) is 8.36. The second-order valence-electron chi connectivity index (χ2n) is 6.29. The summed E-state index contributed by atoms with van der Waals surface area (Å²) in [5, 5.41) is 13.8. The average molecular weight is 362 g/mol. The molecule has 2 heterocycles.